The summed E-state index contributed by atoms with van der Waals surface area (Å²) >= 11 is 1.12. The summed E-state index contributed by atoms with van der Waals surface area (Å²) in [6.45, 7) is 12.1. The molecular formula is C26H30N4O5S2. The van der Waals surface area contributed by atoms with Gasteiger partial charge in [-0.3, -0.25) is 13.8 Å². The number of nitrogens with zero attached hydrogens (tertiary/aromatic N) is 3. The molecule has 2 aromatic carbocycles. The molecule has 9 nitrogen and oxygen atoms in total. The maximum Gasteiger partial charge on any atom is 0.439 e. The van der Waals surface area contributed by atoms with Crippen molar-refractivity contribution in [2.24, 2.45) is 5.92 Å². The van der Waals surface area contributed by atoms with Gasteiger partial charge in [-0.1, -0.05) is 31.1 Å². The first-order chi connectivity index (χ1) is 17.5. The van der Waals surface area contributed by atoms with E-state index in [9.17, 15) is 13.2 Å². The van der Waals surface area contributed by atoms with Gasteiger partial charge in [0.25, 0.3) is 10.0 Å². The minimum absolute atomic E-state index is 0.0622. The number of thiazole rings is 1. The van der Waals surface area contributed by atoms with Crippen molar-refractivity contribution in [3.8, 4) is 17.1 Å². The van der Waals surface area contributed by atoms with E-state index in [4.69, 9.17) is 4.74 Å². The number of aryl methyl sites for hydroxylation is 4. The molecule has 0 aliphatic rings. The van der Waals surface area contributed by atoms with Gasteiger partial charge in [0, 0.05) is 23.2 Å². The molecule has 0 spiro atoms. The number of ether oxygens (including phenoxy) is 1. The van der Waals surface area contributed by atoms with Gasteiger partial charge in [0.1, 0.15) is 12.4 Å². The summed E-state index contributed by atoms with van der Waals surface area (Å²) < 4.78 is 39.8. The molecule has 0 amide bonds. The summed E-state index contributed by atoms with van der Waals surface area (Å²) in [7, 11) is -3.89. The lowest BCUT2D eigenvalue weighted by Crippen LogP contribution is -2.34. The Labute approximate surface area is 220 Å². The predicted octanol–water partition coefficient (Wildman–Crippen LogP) is 5.15. The number of hydrogen-bond acceptors (Lipinski definition) is 8. The zero-order chi connectivity index (χ0) is 26.9. The number of anilines is 1. The molecule has 196 valence electrons. The van der Waals surface area contributed by atoms with Crippen molar-refractivity contribution >= 4 is 27.0 Å². The predicted molar refractivity (Wildman–Crippen MR) is 144 cm³/mol. The fraction of sp³-hybridized carbons (Fsp3) is 0.346. The Morgan fingerprint density at radius 3 is 2.41 bits per heavy atom. The van der Waals surface area contributed by atoms with Crippen LogP contribution in [0.2, 0.25) is 0 Å². The third-order valence-electron chi connectivity index (χ3n) is 5.92. The number of H-pyrrole nitrogens is 1. The lowest BCUT2D eigenvalue weighted by atomic mass is 10.1. The highest BCUT2D eigenvalue weighted by Gasteiger charge is 2.31. The number of aromatic nitrogens is 3. The Balaban J connectivity index is 1.69. The van der Waals surface area contributed by atoms with Crippen LogP contribution in [-0.2, 0) is 16.6 Å². The van der Waals surface area contributed by atoms with Crippen LogP contribution in [0.4, 0.5) is 5.69 Å². The van der Waals surface area contributed by atoms with Gasteiger partial charge in [-0.15, -0.1) is 11.3 Å². The lowest BCUT2D eigenvalue weighted by Gasteiger charge is -2.28. The van der Waals surface area contributed by atoms with Crippen LogP contribution in [-0.4, -0.2) is 30.1 Å². The highest BCUT2D eigenvalue weighted by Crippen LogP contribution is 2.37. The molecule has 4 rings (SSSR count). The molecule has 0 atom stereocenters. The molecule has 11 heteroatoms. The van der Waals surface area contributed by atoms with Crippen molar-refractivity contribution in [3.05, 3.63) is 74.2 Å². The minimum Gasteiger partial charge on any atom is -0.487 e. The Hall–Kier alpha value is -3.44. The van der Waals surface area contributed by atoms with Crippen LogP contribution in [0, 0.1) is 33.6 Å². The van der Waals surface area contributed by atoms with Crippen LogP contribution < -0.4 is 14.8 Å². The molecule has 1 N–H and O–H groups in total. The molecule has 2 heterocycles. The van der Waals surface area contributed by atoms with E-state index in [-0.39, 0.29) is 23.4 Å². The molecule has 0 aliphatic heterocycles. The van der Waals surface area contributed by atoms with E-state index in [1.54, 1.807) is 12.3 Å². The van der Waals surface area contributed by atoms with E-state index in [2.05, 4.69) is 19.6 Å². The molecule has 0 bridgehead atoms. The van der Waals surface area contributed by atoms with Gasteiger partial charge in [-0.25, -0.2) is 9.78 Å². The van der Waals surface area contributed by atoms with Crippen molar-refractivity contribution in [2.75, 3.05) is 10.8 Å². The molecule has 0 saturated carbocycles. The molecule has 0 radical (unpaired) electrons. The second-order valence-electron chi connectivity index (χ2n) is 9.46. The Bertz CT molecular complexity index is 1580. The Morgan fingerprint density at radius 2 is 1.81 bits per heavy atom. The normalized spacial score (nSPS) is 11.8. The van der Waals surface area contributed by atoms with E-state index in [1.807, 2.05) is 65.0 Å². The molecule has 0 aliphatic carbocycles. The summed E-state index contributed by atoms with van der Waals surface area (Å²) in [6.07, 6.45) is 0. The molecule has 4 aromatic rings. The maximum atomic E-state index is 13.7. The van der Waals surface area contributed by atoms with Crippen LogP contribution in [0.3, 0.4) is 0 Å². The summed E-state index contributed by atoms with van der Waals surface area (Å²) in [5.41, 5.74) is 5.66. The van der Waals surface area contributed by atoms with Crippen molar-refractivity contribution in [2.45, 2.75) is 52.5 Å². The summed E-state index contributed by atoms with van der Waals surface area (Å²) in [4.78, 5) is 18.1. The van der Waals surface area contributed by atoms with Gasteiger partial charge < -0.3 is 4.74 Å². The van der Waals surface area contributed by atoms with Crippen molar-refractivity contribution in [1.29, 1.82) is 0 Å². The van der Waals surface area contributed by atoms with Gasteiger partial charge in [-0.05, 0) is 74.1 Å². The first kappa shape index (κ1) is 26.6. The number of aromatic amines is 1. The lowest BCUT2D eigenvalue weighted by molar-refractivity contribution is 0.306. The highest BCUT2D eigenvalue weighted by molar-refractivity contribution is 7.94. The van der Waals surface area contributed by atoms with Crippen LogP contribution >= 0.6 is 11.3 Å². The van der Waals surface area contributed by atoms with E-state index in [0.29, 0.717) is 28.5 Å². The highest BCUT2D eigenvalue weighted by atomic mass is 32.2. The van der Waals surface area contributed by atoms with Gasteiger partial charge in [0.2, 0.25) is 4.34 Å². The number of nitrogens with one attached hydrogen (secondary N) is 1. The van der Waals surface area contributed by atoms with E-state index >= 15 is 0 Å². The Morgan fingerprint density at radius 1 is 1.08 bits per heavy atom. The van der Waals surface area contributed by atoms with Crippen LogP contribution in [0.5, 0.6) is 5.75 Å². The number of rotatable bonds is 9. The smallest absolute Gasteiger partial charge is 0.439 e. The monoisotopic (exact) mass is 542 g/mol. The average Bonchev–Trinajstić information content (AvgIpc) is 3.47. The third kappa shape index (κ3) is 5.78. The van der Waals surface area contributed by atoms with E-state index in [1.165, 1.54) is 4.31 Å². The van der Waals surface area contributed by atoms with Crippen LogP contribution in [0.15, 0.2) is 49.4 Å². The van der Waals surface area contributed by atoms with Crippen LogP contribution in [0.1, 0.15) is 41.8 Å². The summed E-state index contributed by atoms with van der Waals surface area (Å²) in [6, 6.07) is 9.33. The second kappa shape index (κ2) is 10.5. The van der Waals surface area contributed by atoms with Gasteiger partial charge >= 0.3 is 5.76 Å². The van der Waals surface area contributed by atoms with Gasteiger partial charge in [-0.2, -0.15) is 8.42 Å². The molecule has 2 aromatic heterocycles. The first-order valence-electron chi connectivity index (χ1n) is 11.8. The topological polar surface area (TPSA) is 118 Å². The number of sulfonamides is 1. The molecule has 0 saturated heterocycles. The fourth-order valence-corrected chi connectivity index (χ4v) is 6.57. The van der Waals surface area contributed by atoms with Crippen molar-refractivity contribution in [3.63, 3.8) is 0 Å². The van der Waals surface area contributed by atoms with Crippen molar-refractivity contribution in [1.82, 2.24) is 15.1 Å². The largest absolute Gasteiger partial charge is 0.487 e. The van der Waals surface area contributed by atoms with Crippen molar-refractivity contribution < 1.29 is 17.7 Å². The number of hydrogen-bond donors (Lipinski definition) is 1. The van der Waals surface area contributed by atoms with Gasteiger partial charge in [0.15, 0.2) is 5.82 Å². The van der Waals surface area contributed by atoms with Gasteiger partial charge in [0.05, 0.1) is 5.69 Å². The summed E-state index contributed by atoms with van der Waals surface area (Å²) in [5, 5.41) is 5.47. The second-order valence-corrected chi connectivity index (χ2v) is 12.4. The fourth-order valence-electron chi connectivity index (χ4n) is 3.80. The first-order valence-corrected chi connectivity index (χ1v) is 14.1. The molecule has 0 unspecified atom stereocenters. The van der Waals surface area contributed by atoms with Crippen LogP contribution in [0.25, 0.3) is 11.4 Å². The average molecular weight is 543 g/mol. The molecule has 37 heavy (non-hydrogen) atoms. The zero-order valence-electron chi connectivity index (χ0n) is 21.7. The molecular weight excluding hydrogens is 512 g/mol. The zero-order valence-corrected chi connectivity index (χ0v) is 23.3. The molecule has 0 fully saturated rings. The van der Waals surface area contributed by atoms with E-state index < -0.39 is 15.8 Å². The SMILES string of the molecule is Cc1csc(S(=O)(=O)N(CC(C)C)c2cc(C)c(C)cc2OCc2ccc(-c3noc(=O)[nH]3)cc2C)n1. The maximum absolute atomic E-state index is 13.7. The standard InChI is InChI=1S/C26H30N4O5S2/c1-15(2)12-30(37(32,33)26-27-19(6)14-36-26)22-10-16(3)17(4)11-23(22)34-13-21-8-7-20(9-18(21)5)24-28-25(31)35-29-24/h7-11,14-15H,12-13H2,1-6H3,(H,28,29,31). The quantitative estimate of drug-likeness (QED) is 0.311. The third-order valence-corrected chi connectivity index (χ3v) is 9.05. The summed E-state index contributed by atoms with van der Waals surface area (Å²) in [5.74, 6) is 0.285. The Kier molecular flexibility index (Phi) is 7.56. The van der Waals surface area contributed by atoms with E-state index in [0.717, 1.165) is 33.6 Å². The minimum atomic E-state index is -3.89. The number of benzene rings is 2.